The fraction of sp³-hybridized carbons (Fsp3) is 0.400. The van der Waals surface area contributed by atoms with Crippen molar-refractivity contribution in [2.75, 3.05) is 4.90 Å². The lowest BCUT2D eigenvalue weighted by Gasteiger charge is -2.19. The molecule has 21 heavy (non-hydrogen) atoms. The second-order valence-electron chi connectivity index (χ2n) is 5.48. The number of aromatic carboxylic acids is 1. The predicted molar refractivity (Wildman–Crippen MR) is 84.1 cm³/mol. The van der Waals surface area contributed by atoms with Crippen LogP contribution in [0.15, 0.2) is 18.2 Å². The van der Waals surface area contributed by atoms with Gasteiger partial charge in [-0.2, -0.15) is 0 Å². The van der Waals surface area contributed by atoms with Crippen molar-refractivity contribution in [1.29, 1.82) is 0 Å². The van der Waals surface area contributed by atoms with Gasteiger partial charge < -0.3 is 5.11 Å². The Morgan fingerprint density at radius 2 is 1.71 bits per heavy atom. The Labute approximate surface area is 135 Å². The SMILES string of the molecule is O=C(O)c1cc(I)ccc1N1C(=O)C2CCCCC2C1=O. The van der Waals surface area contributed by atoms with Crippen LogP contribution in [-0.4, -0.2) is 22.9 Å². The Kier molecular flexibility index (Phi) is 3.73. The summed E-state index contributed by atoms with van der Waals surface area (Å²) >= 11 is 2.01. The fourth-order valence-electron chi connectivity index (χ4n) is 3.27. The lowest BCUT2D eigenvalue weighted by Crippen LogP contribution is -2.32. The number of rotatable bonds is 2. The molecule has 0 spiro atoms. The number of carbonyl (C=O) groups is 3. The predicted octanol–water partition coefficient (Wildman–Crippen LogP) is 2.67. The maximum absolute atomic E-state index is 12.5. The number of halogens is 1. The normalized spacial score (nSPS) is 25.1. The fourth-order valence-corrected chi connectivity index (χ4v) is 3.77. The second kappa shape index (κ2) is 5.40. The van der Waals surface area contributed by atoms with Crippen molar-refractivity contribution in [1.82, 2.24) is 0 Å². The highest BCUT2D eigenvalue weighted by Gasteiger charge is 2.49. The number of anilines is 1. The minimum Gasteiger partial charge on any atom is -0.478 e. The molecule has 1 aliphatic heterocycles. The smallest absolute Gasteiger partial charge is 0.337 e. The van der Waals surface area contributed by atoms with Crippen LogP contribution in [-0.2, 0) is 9.59 Å². The van der Waals surface area contributed by atoms with Crippen LogP contribution in [0.5, 0.6) is 0 Å². The van der Waals surface area contributed by atoms with E-state index in [0.29, 0.717) is 0 Å². The van der Waals surface area contributed by atoms with Gasteiger partial charge in [0.2, 0.25) is 11.8 Å². The minimum atomic E-state index is -1.13. The third kappa shape index (κ3) is 2.35. The summed E-state index contributed by atoms with van der Waals surface area (Å²) in [5, 5.41) is 9.33. The van der Waals surface area contributed by atoms with Crippen LogP contribution < -0.4 is 4.90 Å². The summed E-state index contributed by atoms with van der Waals surface area (Å²) in [6.07, 6.45) is 3.34. The summed E-state index contributed by atoms with van der Waals surface area (Å²) in [6, 6.07) is 4.75. The third-order valence-electron chi connectivity index (χ3n) is 4.27. The van der Waals surface area contributed by atoms with Crippen molar-refractivity contribution in [3.63, 3.8) is 0 Å². The molecular weight excluding hydrogens is 385 g/mol. The molecule has 5 nitrogen and oxygen atoms in total. The molecule has 0 radical (unpaired) electrons. The molecule has 3 rings (SSSR count). The molecule has 0 bridgehead atoms. The molecule has 6 heteroatoms. The van der Waals surface area contributed by atoms with E-state index in [1.807, 2.05) is 22.6 Å². The van der Waals surface area contributed by atoms with Crippen molar-refractivity contribution in [3.8, 4) is 0 Å². The Morgan fingerprint density at radius 3 is 2.24 bits per heavy atom. The number of benzene rings is 1. The van der Waals surface area contributed by atoms with Gasteiger partial charge in [0.1, 0.15) is 0 Å². The summed E-state index contributed by atoms with van der Waals surface area (Å²) in [5.41, 5.74) is 0.203. The number of fused-ring (bicyclic) bond motifs is 1. The largest absolute Gasteiger partial charge is 0.478 e. The van der Waals surface area contributed by atoms with Crippen LogP contribution in [0.25, 0.3) is 0 Å². The molecule has 1 heterocycles. The molecule has 2 atom stereocenters. The van der Waals surface area contributed by atoms with E-state index in [2.05, 4.69) is 0 Å². The molecule has 1 aromatic rings. The van der Waals surface area contributed by atoms with E-state index >= 15 is 0 Å². The summed E-state index contributed by atoms with van der Waals surface area (Å²) in [4.78, 5) is 37.5. The van der Waals surface area contributed by atoms with Gasteiger partial charge in [0.25, 0.3) is 0 Å². The number of carboxylic acid groups (broad SMARTS) is 1. The standard InChI is InChI=1S/C15H14INO4/c16-8-5-6-12(11(7-8)15(20)21)17-13(18)9-3-1-2-4-10(9)14(17)19/h5-7,9-10H,1-4H2,(H,20,21). The van der Waals surface area contributed by atoms with E-state index in [9.17, 15) is 19.5 Å². The highest BCUT2D eigenvalue weighted by Crippen LogP contribution is 2.41. The molecule has 1 N–H and O–H groups in total. The lowest BCUT2D eigenvalue weighted by molar-refractivity contribution is -0.122. The number of hydrogen-bond acceptors (Lipinski definition) is 3. The highest BCUT2D eigenvalue weighted by molar-refractivity contribution is 14.1. The first-order chi connectivity index (χ1) is 10.0. The van der Waals surface area contributed by atoms with Gasteiger partial charge in [-0.25, -0.2) is 9.69 Å². The summed E-state index contributed by atoms with van der Waals surface area (Å²) < 4.78 is 0.755. The van der Waals surface area contributed by atoms with E-state index in [1.54, 1.807) is 12.1 Å². The number of imide groups is 1. The van der Waals surface area contributed by atoms with Crippen molar-refractivity contribution >= 4 is 46.1 Å². The average molecular weight is 399 g/mol. The molecule has 1 saturated heterocycles. The zero-order valence-electron chi connectivity index (χ0n) is 11.2. The zero-order chi connectivity index (χ0) is 15.1. The average Bonchev–Trinajstić information content (AvgIpc) is 2.72. The van der Waals surface area contributed by atoms with E-state index in [4.69, 9.17) is 0 Å². The van der Waals surface area contributed by atoms with Gasteiger partial charge in [-0.3, -0.25) is 9.59 Å². The van der Waals surface area contributed by atoms with Crippen molar-refractivity contribution in [3.05, 3.63) is 27.3 Å². The molecule has 1 aromatic carbocycles. The number of carboxylic acids is 1. The van der Waals surface area contributed by atoms with Crippen molar-refractivity contribution in [2.45, 2.75) is 25.7 Å². The van der Waals surface area contributed by atoms with Gasteiger partial charge in [-0.15, -0.1) is 0 Å². The lowest BCUT2D eigenvalue weighted by atomic mass is 9.81. The Balaban J connectivity index is 2.06. The third-order valence-corrected chi connectivity index (χ3v) is 4.94. The number of nitrogens with zero attached hydrogens (tertiary/aromatic N) is 1. The molecule has 2 unspecified atom stereocenters. The Hall–Kier alpha value is -1.44. The molecule has 2 fully saturated rings. The van der Waals surface area contributed by atoms with E-state index in [1.165, 1.54) is 6.07 Å². The topological polar surface area (TPSA) is 74.7 Å². The summed E-state index contributed by atoms with van der Waals surface area (Å²) in [5.74, 6) is -2.15. The highest BCUT2D eigenvalue weighted by atomic mass is 127. The van der Waals surface area contributed by atoms with Gasteiger partial charge in [-0.1, -0.05) is 12.8 Å². The molecule has 0 aromatic heterocycles. The number of hydrogen-bond donors (Lipinski definition) is 1. The van der Waals surface area contributed by atoms with Gasteiger partial charge in [0.15, 0.2) is 0 Å². The minimum absolute atomic E-state index is 0.00208. The number of amides is 2. The molecule has 1 aliphatic carbocycles. The van der Waals surface area contributed by atoms with E-state index in [0.717, 1.165) is 34.2 Å². The van der Waals surface area contributed by atoms with E-state index in [-0.39, 0.29) is 34.9 Å². The maximum Gasteiger partial charge on any atom is 0.337 e. The van der Waals surface area contributed by atoms with Crippen LogP contribution >= 0.6 is 22.6 Å². The molecular formula is C15H14INO4. The first-order valence-electron chi connectivity index (χ1n) is 6.91. The Bertz CT molecular complexity index is 619. The van der Waals surface area contributed by atoms with Gasteiger partial charge in [0, 0.05) is 3.57 Å². The van der Waals surface area contributed by atoms with Crippen LogP contribution in [0, 0.1) is 15.4 Å². The van der Waals surface area contributed by atoms with Gasteiger partial charge >= 0.3 is 5.97 Å². The monoisotopic (exact) mass is 399 g/mol. The van der Waals surface area contributed by atoms with Crippen molar-refractivity contribution < 1.29 is 19.5 Å². The number of carbonyl (C=O) groups excluding carboxylic acids is 2. The van der Waals surface area contributed by atoms with Crippen molar-refractivity contribution in [2.24, 2.45) is 11.8 Å². The quantitative estimate of drug-likeness (QED) is 0.613. The van der Waals surface area contributed by atoms with Crippen LogP contribution in [0.4, 0.5) is 5.69 Å². The molecule has 1 saturated carbocycles. The summed E-state index contributed by atoms with van der Waals surface area (Å²) in [7, 11) is 0. The van der Waals surface area contributed by atoms with Crippen LogP contribution in [0.2, 0.25) is 0 Å². The van der Waals surface area contributed by atoms with Gasteiger partial charge in [-0.05, 0) is 53.6 Å². The van der Waals surface area contributed by atoms with Crippen LogP contribution in [0.3, 0.4) is 0 Å². The second-order valence-corrected chi connectivity index (χ2v) is 6.72. The first kappa shape index (κ1) is 14.5. The molecule has 2 amide bonds. The first-order valence-corrected chi connectivity index (χ1v) is 7.99. The van der Waals surface area contributed by atoms with Crippen LogP contribution in [0.1, 0.15) is 36.0 Å². The maximum atomic E-state index is 12.5. The molecule has 2 aliphatic rings. The Morgan fingerprint density at radius 1 is 1.14 bits per heavy atom. The zero-order valence-corrected chi connectivity index (χ0v) is 13.4. The van der Waals surface area contributed by atoms with Gasteiger partial charge in [0.05, 0.1) is 23.1 Å². The van der Waals surface area contributed by atoms with E-state index < -0.39 is 5.97 Å². The summed E-state index contributed by atoms with van der Waals surface area (Å²) in [6.45, 7) is 0. The molecule has 110 valence electrons.